The summed E-state index contributed by atoms with van der Waals surface area (Å²) in [6.07, 6.45) is 0. The molecule has 2 aromatic carbocycles. The maximum Gasteiger partial charge on any atom is 0.183 e. The van der Waals surface area contributed by atoms with Gasteiger partial charge < -0.3 is 5.32 Å². The Balaban J connectivity index is 1.83. The summed E-state index contributed by atoms with van der Waals surface area (Å²) in [5.41, 5.74) is 1.85. The molecule has 1 heterocycles. The van der Waals surface area contributed by atoms with Crippen molar-refractivity contribution in [2.75, 3.05) is 11.5 Å². The average molecular weight is 414 g/mol. The Morgan fingerprint density at radius 2 is 1.65 bits per heavy atom. The Hall–Kier alpha value is -1.41. The van der Waals surface area contributed by atoms with E-state index in [1.54, 1.807) is 24.3 Å². The van der Waals surface area contributed by atoms with Crippen LogP contribution in [-0.4, -0.2) is 39.6 Å². The van der Waals surface area contributed by atoms with Crippen LogP contribution in [0.2, 0.25) is 5.02 Å². The highest BCUT2D eigenvalue weighted by atomic mass is 35.5. The predicted molar refractivity (Wildman–Crippen MR) is 103 cm³/mol. The second-order valence-corrected chi connectivity index (χ2v) is 11.3. The van der Waals surface area contributed by atoms with E-state index in [1.807, 2.05) is 19.1 Å². The lowest BCUT2D eigenvalue weighted by Crippen LogP contribution is -2.43. The minimum Gasteiger partial charge on any atom is -0.308 e. The van der Waals surface area contributed by atoms with Crippen LogP contribution < -0.4 is 5.32 Å². The molecule has 3 rings (SSSR count). The maximum atomic E-state index is 13.0. The van der Waals surface area contributed by atoms with Crippen LogP contribution in [-0.2, 0) is 26.2 Å². The van der Waals surface area contributed by atoms with E-state index < -0.39 is 31.0 Å². The lowest BCUT2D eigenvalue weighted by Gasteiger charge is -2.20. The van der Waals surface area contributed by atoms with Crippen molar-refractivity contribution >= 4 is 31.3 Å². The van der Waals surface area contributed by atoms with Gasteiger partial charge in [0.2, 0.25) is 0 Å². The molecular formula is C18H20ClNO4S2. The zero-order valence-corrected chi connectivity index (χ0v) is 16.6. The Bertz CT molecular complexity index is 984. The summed E-state index contributed by atoms with van der Waals surface area (Å²) >= 11 is 5.86. The van der Waals surface area contributed by atoms with E-state index >= 15 is 0 Å². The van der Waals surface area contributed by atoms with Crippen molar-refractivity contribution < 1.29 is 16.8 Å². The van der Waals surface area contributed by atoms with E-state index in [0.29, 0.717) is 11.6 Å². The van der Waals surface area contributed by atoms with Gasteiger partial charge in [0.25, 0.3) is 0 Å². The normalized spacial score (nSPS) is 22.4. The first-order valence-corrected chi connectivity index (χ1v) is 11.9. The number of aryl methyl sites for hydroxylation is 1. The van der Waals surface area contributed by atoms with Crippen LogP contribution in [0.3, 0.4) is 0 Å². The van der Waals surface area contributed by atoms with Crippen molar-refractivity contribution in [3.05, 3.63) is 64.7 Å². The van der Waals surface area contributed by atoms with Crippen molar-refractivity contribution in [2.24, 2.45) is 0 Å². The van der Waals surface area contributed by atoms with Gasteiger partial charge in [-0.25, -0.2) is 16.8 Å². The van der Waals surface area contributed by atoms with Gasteiger partial charge in [0.1, 0.15) is 0 Å². The van der Waals surface area contributed by atoms with Gasteiger partial charge in [-0.2, -0.15) is 0 Å². The Morgan fingerprint density at radius 3 is 2.27 bits per heavy atom. The molecule has 0 saturated carbocycles. The first-order chi connectivity index (χ1) is 12.2. The summed E-state index contributed by atoms with van der Waals surface area (Å²) in [4.78, 5) is 0.156. The Kier molecular flexibility index (Phi) is 5.44. The number of rotatable bonds is 5. The van der Waals surface area contributed by atoms with Crippen molar-refractivity contribution in [3.63, 3.8) is 0 Å². The highest BCUT2D eigenvalue weighted by Crippen LogP contribution is 2.26. The fourth-order valence-electron chi connectivity index (χ4n) is 3.07. The van der Waals surface area contributed by atoms with Crippen molar-refractivity contribution in [1.29, 1.82) is 0 Å². The summed E-state index contributed by atoms with van der Waals surface area (Å²) in [6.45, 7) is 2.24. The van der Waals surface area contributed by atoms with Gasteiger partial charge in [-0.1, -0.05) is 41.4 Å². The molecule has 2 unspecified atom stereocenters. The molecule has 0 bridgehead atoms. The zero-order chi connectivity index (χ0) is 18.9. The highest BCUT2D eigenvalue weighted by Gasteiger charge is 2.45. The average Bonchev–Trinajstić information content (AvgIpc) is 2.90. The molecule has 0 radical (unpaired) electrons. The molecule has 1 N–H and O–H groups in total. The number of sulfone groups is 2. The van der Waals surface area contributed by atoms with E-state index in [4.69, 9.17) is 11.6 Å². The first-order valence-electron chi connectivity index (χ1n) is 8.16. The second-order valence-electron chi connectivity index (χ2n) is 6.59. The summed E-state index contributed by atoms with van der Waals surface area (Å²) in [7, 11) is -7.17. The van der Waals surface area contributed by atoms with Crippen LogP contribution in [0.25, 0.3) is 0 Å². The third kappa shape index (κ3) is 4.28. The SMILES string of the molecule is Cc1ccc(S(=O)(=O)C2CS(=O)(=O)CC2NCc2ccc(Cl)cc2)cc1. The van der Waals surface area contributed by atoms with Crippen molar-refractivity contribution in [2.45, 2.75) is 29.7 Å². The first kappa shape index (κ1) is 19.4. The molecule has 1 saturated heterocycles. The summed E-state index contributed by atoms with van der Waals surface area (Å²) in [6, 6.07) is 13.0. The molecule has 2 atom stereocenters. The van der Waals surface area contributed by atoms with Gasteiger partial charge >= 0.3 is 0 Å². The van der Waals surface area contributed by atoms with Crippen LogP contribution >= 0.6 is 11.6 Å². The maximum absolute atomic E-state index is 13.0. The molecule has 8 heteroatoms. The fraction of sp³-hybridized carbons (Fsp3) is 0.333. The van der Waals surface area contributed by atoms with Crippen LogP contribution in [0.15, 0.2) is 53.4 Å². The van der Waals surface area contributed by atoms with Crippen LogP contribution in [0.1, 0.15) is 11.1 Å². The fourth-order valence-corrected chi connectivity index (χ4v) is 7.91. The molecule has 140 valence electrons. The second kappa shape index (κ2) is 7.31. The molecule has 0 aliphatic carbocycles. The van der Waals surface area contributed by atoms with Gasteiger partial charge in [-0.05, 0) is 36.8 Å². The molecule has 0 amide bonds. The molecule has 0 spiro atoms. The molecule has 1 fully saturated rings. The summed E-state index contributed by atoms with van der Waals surface area (Å²) in [5, 5.41) is 2.72. The third-order valence-electron chi connectivity index (χ3n) is 4.53. The zero-order valence-electron chi connectivity index (χ0n) is 14.2. The van der Waals surface area contributed by atoms with Crippen molar-refractivity contribution in [3.8, 4) is 0 Å². The number of halogens is 1. The highest BCUT2D eigenvalue weighted by molar-refractivity contribution is 7.96. The molecule has 0 aromatic heterocycles. The quantitative estimate of drug-likeness (QED) is 0.813. The van der Waals surface area contributed by atoms with Gasteiger partial charge in [0.05, 0.1) is 21.7 Å². The number of hydrogen-bond donors (Lipinski definition) is 1. The van der Waals surface area contributed by atoms with E-state index in [2.05, 4.69) is 5.32 Å². The number of benzene rings is 2. The van der Waals surface area contributed by atoms with E-state index in [9.17, 15) is 16.8 Å². The number of nitrogens with one attached hydrogen (secondary N) is 1. The van der Waals surface area contributed by atoms with E-state index in [1.165, 1.54) is 12.1 Å². The monoisotopic (exact) mass is 413 g/mol. The standard InChI is InChI=1S/C18H20ClNO4S2/c1-13-2-8-16(9-3-13)26(23,24)18-12-25(21,22)11-17(18)20-10-14-4-6-15(19)7-5-14/h2-9,17-18,20H,10-12H2,1H3. The van der Waals surface area contributed by atoms with Gasteiger partial charge in [-0.3, -0.25) is 0 Å². The molecule has 1 aliphatic rings. The van der Waals surface area contributed by atoms with Crippen LogP contribution in [0.4, 0.5) is 0 Å². The van der Waals surface area contributed by atoms with E-state index in [-0.39, 0.29) is 16.4 Å². The minimum atomic E-state index is -3.75. The van der Waals surface area contributed by atoms with E-state index in [0.717, 1.165) is 11.1 Å². The Morgan fingerprint density at radius 1 is 1.04 bits per heavy atom. The predicted octanol–water partition coefficient (Wildman–Crippen LogP) is 2.38. The minimum absolute atomic E-state index is 0.156. The largest absolute Gasteiger partial charge is 0.308 e. The molecule has 26 heavy (non-hydrogen) atoms. The smallest absolute Gasteiger partial charge is 0.183 e. The number of hydrogen-bond acceptors (Lipinski definition) is 5. The van der Waals surface area contributed by atoms with Gasteiger partial charge in [0.15, 0.2) is 19.7 Å². The molecule has 5 nitrogen and oxygen atoms in total. The topological polar surface area (TPSA) is 80.3 Å². The Labute approximate surface area is 159 Å². The lowest BCUT2D eigenvalue weighted by atomic mass is 10.2. The molecular weight excluding hydrogens is 394 g/mol. The lowest BCUT2D eigenvalue weighted by molar-refractivity contribution is 0.526. The van der Waals surface area contributed by atoms with Crippen molar-refractivity contribution in [1.82, 2.24) is 5.32 Å². The molecule has 2 aromatic rings. The third-order valence-corrected chi connectivity index (χ3v) is 8.95. The van der Waals surface area contributed by atoms with Gasteiger partial charge in [0, 0.05) is 17.6 Å². The van der Waals surface area contributed by atoms with Gasteiger partial charge in [-0.15, -0.1) is 0 Å². The summed E-state index contributed by atoms with van der Waals surface area (Å²) < 4.78 is 50.2. The summed E-state index contributed by atoms with van der Waals surface area (Å²) in [5.74, 6) is -0.544. The van der Waals surface area contributed by atoms with Crippen LogP contribution in [0.5, 0.6) is 0 Å². The van der Waals surface area contributed by atoms with Crippen LogP contribution in [0, 0.1) is 6.92 Å². The molecule has 1 aliphatic heterocycles.